The molecule has 0 saturated heterocycles. The van der Waals surface area contributed by atoms with Crippen molar-refractivity contribution in [2.45, 2.75) is 102 Å². The molecule has 0 saturated carbocycles. The van der Waals surface area contributed by atoms with E-state index in [1.165, 1.54) is 44.9 Å². The largest absolute Gasteiger partial charge is 1.00 e. The fourth-order valence-electron chi connectivity index (χ4n) is 2.80. The second kappa shape index (κ2) is 18.3. The van der Waals surface area contributed by atoms with Gasteiger partial charge in [0.25, 0.3) is 0 Å². The van der Waals surface area contributed by atoms with E-state index in [9.17, 15) is 13.0 Å². The maximum Gasteiger partial charge on any atom is 1.00 e. The van der Waals surface area contributed by atoms with Crippen molar-refractivity contribution in [3.63, 3.8) is 0 Å². The average molecular weight is 375 g/mol. The van der Waals surface area contributed by atoms with Crippen LogP contribution in [-0.2, 0) is 10.1 Å². The van der Waals surface area contributed by atoms with Crippen molar-refractivity contribution >= 4 is 10.1 Å². The first-order valence-corrected chi connectivity index (χ1v) is 10.5. The Hall–Kier alpha value is 1.51. The summed E-state index contributed by atoms with van der Waals surface area (Å²) in [6.07, 6.45) is 14.9. The number of aliphatic hydroxyl groups is 1. The van der Waals surface area contributed by atoms with Crippen molar-refractivity contribution in [2.75, 3.05) is 6.61 Å². The summed E-state index contributed by atoms with van der Waals surface area (Å²) in [5.41, 5.74) is 0. The molecule has 0 aromatic carbocycles. The molecule has 1 atom stereocenters. The van der Waals surface area contributed by atoms with Crippen molar-refractivity contribution in [2.24, 2.45) is 0 Å². The smallest absolute Gasteiger partial charge is 0.748 e. The van der Waals surface area contributed by atoms with Gasteiger partial charge in [0.15, 0.2) is 0 Å². The van der Waals surface area contributed by atoms with Gasteiger partial charge in [-0.2, -0.15) is 0 Å². The molecule has 0 fully saturated rings. The van der Waals surface area contributed by atoms with Crippen LogP contribution in [0.4, 0.5) is 0 Å². The first-order valence-electron chi connectivity index (χ1n) is 9.08. The molecule has 23 heavy (non-hydrogen) atoms. The molecule has 1 unspecified atom stereocenters. The van der Waals surface area contributed by atoms with Gasteiger partial charge in [-0.15, -0.1) is 0 Å². The van der Waals surface area contributed by atoms with Gasteiger partial charge in [-0.05, 0) is 19.3 Å². The van der Waals surface area contributed by atoms with E-state index in [0.717, 1.165) is 32.1 Å². The quantitative estimate of drug-likeness (QED) is 0.251. The Balaban J connectivity index is 0. The molecule has 1 N–H and O–H groups in total. The molecule has 0 aromatic heterocycles. The predicted molar refractivity (Wildman–Crippen MR) is 90.9 cm³/mol. The molecule has 0 amide bonds. The van der Waals surface area contributed by atoms with Crippen LogP contribution in [-0.4, -0.2) is 29.9 Å². The van der Waals surface area contributed by atoms with Gasteiger partial charge in [0.1, 0.15) is 0 Å². The SMILES string of the molecule is CCC(CCCCCCCCCCCCCCO)S(=O)(=O)[O-].[K+]. The molecule has 4 nitrogen and oxygen atoms in total. The minimum Gasteiger partial charge on any atom is -0.748 e. The fraction of sp³-hybridized carbons (Fsp3) is 1.00. The van der Waals surface area contributed by atoms with Crippen LogP contribution in [0.5, 0.6) is 0 Å². The summed E-state index contributed by atoms with van der Waals surface area (Å²) in [4.78, 5) is 0. The first kappa shape index (κ1) is 26.7. The van der Waals surface area contributed by atoms with Crippen molar-refractivity contribution in [3.05, 3.63) is 0 Å². The third kappa shape index (κ3) is 18.1. The van der Waals surface area contributed by atoms with Crippen LogP contribution in [0.3, 0.4) is 0 Å². The Kier molecular flexibility index (Phi) is 21.3. The van der Waals surface area contributed by atoms with Crippen molar-refractivity contribution in [3.8, 4) is 0 Å². The standard InChI is InChI=1S/C17H36O4S.K/c1-2-17(22(19,20)21)15-13-11-9-7-5-3-4-6-8-10-12-14-16-18;/h17-18H,2-16H2,1H3,(H,19,20,21);/q;+1/p-1. The van der Waals surface area contributed by atoms with E-state index in [0.29, 0.717) is 19.4 Å². The molecule has 0 aliphatic carbocycles. The van der Waals surface area contributed by atoms with Gasteiger partial charge in [0, 0.05) is 11.9 Å². The normalized spacial score (nSPS) is 12.8. The van der Waals surface area contributed by atoms with Crippen molar-refractivity contribution in [1.29, 1.82) is 0 Å². The zero-order valence-corrected chi connectivity index (χ0v) is 19.2. The Labute approximate surface area is 186 Å². The second-order valence-corrected chi connectivity index (χ2v) is 7.93. The van der Waals surface area contributed by atoms with Gasteiger partial charge in [-0.1, -0.05) is 77.6 Å². The molecule has 0 aliphatic rings. The van der Waals surface area contributed by atoms with E-state index in [4.69, 9.17) is 5.11 Å². The van der Waals surface area contributed by atoms with Crippen LogP contribution in [0.1, 0.15) is 96.8 Å². The average Bonchev–Trinajstić information content (AvgIpc) is 2.46. The van der Waals surface area contributed by atoms with Crippen LogP contribution < -0.4 is 51.4 Å². The van der Waals surface area contributed by atoms with Gasteiger partial charge >= 0.3 is 51.4 Å². The summed E-state index contributed by atoms with van der Waals surface area (Å²) < 4.78 is 32.8. The van der Waals surface area contributed by atoms with E-state index in [-0.39, 0.29) is 51.4 Å². The Morgan fingerprint density at radius 1 is 0.783 bits per heavy atom. The van der Waals surface area contributed by atoms with E-state index < -0.39 is 15.4 Å². The Morgan fingerprint density at radius 3 is 1.43 bits per heavy atom. The molecule has 0 bridgehead atoms. The molecule has 6 heteroatoms. The van der Waals surface area contributed by atoms with Crippen LogP contribution >= 0.6 is 0 Å². The summed E-state index contributed by atoms with van der Waals surface area (Å²) in [7, 11) is -4.10. The van der Waals surface area contributed by atoms with Crippen LogP contribution in [0.25, 0.3) is 0 Å². The number of hydrogen-bond acceptors (Lipinski definition) is 4. The van der Waals surface area contributed by atoms with Crippen LogP contribution in [0.15, 0.2) is 0 Å². The molecule has 134 valence electrons. The summed E-state index contributed by atoms with van der Waals surface area (Å²) >= 11 is 0. The maximum atomic E-state index is 10.9. The van der Waals surface area contributed by atoms with Gasteiger partial charge in [0.05, 0.1) is 10.1 Å². The molecular formula is C17H35KO4S. The minimum atomic E-state index is -4.10. The summed E-state index contributed by atoms with van der Waals surface area (Å²) in [5.74, 6) is 0. The Bertz CT molecular complexity index is 333. The van der Waals surface area contributed by atoms with Gasteiger partial charge < -0.3 is 9.66 Å². The maximum absolute atomic E-state index is 10.9. The summed E-state index contributed by atoms with van der Waals surface area (Å²) in [5, 5.41) is 7.98. The third-order valence-electron chi connectivity index (χ3n) is 4.30. The predicted octanol–water partition coefficient (Wildman–Crippen LogP) is 1.38. The van der Waals surface area contributed by atoms with Gasteiger partial charge in [-0.3, -0.25) is 0 Å². The fourth-order valence-corrected chi connectivity index (χ4v) is 3.67. The molecule has 0 heterocycles. The molecule has 0 radical (unpaired) electrons. The van der Waals surface area contributed by atoms with Crippen LogP contribution in [0.2, 0.25) is 0 Å². The summed E-state index contributed by atoms with van der Waals surface area (Å²) in [6.45, 7) is 2.09. The number of rotatable bonds is 16. The zero-order chi connectivity index (χ0) is 16.7. The summed E-state index contributed by atoms with van der Waals surface area (Å²) in [6, 6.07) is 0. The van der Waals surface area contributed by atoms with E-state index in [2.05, 4.69) is 0 Å². The number of hydrogen-bond donors (Lipinski definition) is 1. The molecule has 0 aliphatic heterocycles. The van der Waals surface area contributed by atoms with Crippen molar-refractivity contribution in [1.82, 2.24) is 0 Å². The van der Waals surface area contributed by atoms with Crippen LogP contribution in [0, 0.1) is 0 Å². The monoisotopic (exact) mass is 374 g/mol. The molecule has 0 spiro atoms. The first-order chi connectivity index (χ1) is 10.5. The second-order valence-electron chi connectivity index (χ2n) is 6.28. The minimum absolute atomic E-state index is 0. The van der Waals surface area contributed by atoms with E-state index in [1.807, 2.05) is 0 Å². The molecule has 0 rings (SSSR count). The number of aliphatic hydroxyl groups excluding tert-OH is 1. The van der Waals surface area contributed by atoms with Gasteiger partial charge in [0.2, 0.25) is 0 Å². The van der Waals surface area contributed by atoms with E-state index in [1.54, 1.807) is 6.92 Å². The molecular weight excluding hydrogens is 339 g/mol. The zero-order valence-electron chi connectivity index (χ0n) is 15.3. The number of unbranched alkanes of at least 4 members (excludes halogenated alkanes) is 11. The molecule has 0 aromatic rings. The van der Waals surface area contributed by atoms with Crippen molar-refractivity contribution < 1.29 is 69.5 Å². The van der Waals surface area contributed by atoms with E-state index >= 15 is 0 Å². The Morgan fingerprint density at radius 2 is 1.13 bits per heavy atom. The van der Waals surface area contributed by atoms with Gasteiger partial charge in [-0.25, -0.2) is 8.42 Å². The third-order valence-corrected chi connectivity index (χ3v) is 5.68. The topological polar surface area (TPSA) is 77.4 Å².